The molecule has 2 saturated carbocycles. The lowest BCUT2D eigenvalue weighted by molar-refractivity contribution is 0.0622. The summed E-state index contributed by atoms with van der Waals surface area (Å²) in [4.78, 5) is 15.0. The molecule has 0 radical (unpaired) electrons. The van der Waals surface area contributed by atoms with E-state index in [2.05, 4.69) is 6.92 Å². The van der Waals surface area contributed by atoms with Crippen LogP contribution in [0.15, 0.2) is 22.6 Å². The molecule has 1 aromatic heterocycles. The first-order chi connectivity index (χ1) is 10.6. The molecule has 0 spiro atoms. The maximum absolute atomic E-state index is 13.9. The highest BCUT2D eigenvalue weighted by Crippen LogP contribution is 2.41. The van der Waals surface area contributed by atoms with Crippen LogP contribution in [-0.4, -0.2) is 22.9 Å². The van der Waals surface area contributed by atoms with Crippen LogP contribution < -0.4 is 0 Å². The predicted octanol–water partition coefficient (Wildman–Crippen LogP) is 4.28. The van der Waals surface area contributed by atoms with E-state index in [1.807, 2.05) is 11.8 Å². The zero-order valence-electron chi connectivity index (χ0n) is 12.9. The van der Waals surface area contributed by atoms with Gasteiger partial charge in [0.05, 0.1) is 0 Å². The number of fused-ring (bicyclic) bond motifs is 1. The van der Waals surface area contributed by atoms with Crippen molar-refractivity contribution in [2.45, 2.75) is 51.6 Å². The van der Waals surface area contributed by atoms with Gasteiger partial charge in [0.25, 0.3) is 5.91 Å². The van der Waals surface area contributed by atoms with Crippen LogP contribution in [0, 0.1) is 18.7 Å². The zero-order valence-corrected chi connectivity index (χ0v) is 12.9. The molecule has 2 aliphatic rings. The Morgan fingerprint density at radius 2 is 2.05 bits per heavy atom. The lowest BCUT2D eigenvalue weighted by Gasteiger charge is -2.29. The van der Waals surface area contributed by atoms with Crippen molar-refractivity contribution < 1.29 is 13.6 Å². The summed E-state index contributed by atoms with van der Waals surface area (Å²) in [6.45, 7) is 3.97. The van der Waals surface area contributed by atoms with Gasteiger partial charge in [-0.2, -0.15) is 0 Å². The fourth-order valence-electron chi connectivity index (χ4n) is 3.37. The van der Waals surface area contributed by atoms with Gasteiger partial charge in [-0.25, -0.2) is 4.39 Å². The molecular formula is C18H20FNO2. The monoisotopic (exact) mass is 301 g/mol. The van der Waals surface area contributed by atoms with Crippen LogP contribution in [-0.2, 0) is 0 Å². The summed E-state index contributed by atoms with van der Waals surface area (Å²) in [7, 11) is 0. The number of benzene rings is 1. The first-order valence-corrected chi connectivity index (χ1v) is 8.08. The van der Waals surface area contributed by atoms with Gasteiger partial charge >= 0.3 is 0 Å². The van der Waals surface area contributed by atoms with Gasteiger partial charge in [0.15, 0.2) is 17.2 Å². The highest BCUT2D eigenvalue weighted by Gasteiger charge is 2.43. The van der Waals surface area contributed by atoms with Crippen molar-refractivity contribution >= 4 is 16.9 Å². The number of furan rings is 1. The van der Waals surface area contributed by atoms with Crippen molar-refractivity contribution in [3.63, 3.8) is 0 Å². The molecule has 116 valence electrons. The quantitative estimate of drug-likeness (QED) is 0.844. The second kappa shape index (κ2) is 4.83. The third kappa shape index (κ3) is 2.13. The summed E-state index contributed by atoms with van der Waals surface area (Å²) in [6.07, 6.45) is 4.53. The number of rotatable bonds is 4. The number of amides is 1. The smallest absolute Gasteiger partial charge is 0.290 e. The van der Waals surface area contributed by atoms with E-state index in [4.69, 9.17) is 4.42 Å². The Kier molecular flexibility index (Phi) is 3.03. The molecule has 22 heavy (non-hydrogen) atoms. The van der Waals surface area contributed by atoms with Crippen molar-refractivity contribution in [1.29, 1.82) is 0 Å². The van der Waals surface area contributed by atoms with Gasteiger partial charge in [0.2, 0.25) is 0 Å². The van der Waals surface area contributed by atoms with Gasteiger partial charge in [-0.15, -0.1) is 0 Å². The topological polar surface area (TPSA) is 33.5 Å². The number of halogens is 1. The number of aryl methyl sites for hydroxylation is 1. The minimum absolute atomic E-state index is 0.0741. The number of hydrogen-bond donors (Lipinski definition) is 0. The van der Waals surface area contributed by atoms with Crippen LogP contribution in [0.1, 0.15) is 48.7 Å². The van der Waals surface area contributed by atoms with Crippen molar-refractivity contribution in [2.24, 2.45) is 5.92 Å². The van der Waals surface area contributed by atoms with Crippen LogP contribution in [0.2, 0.25) is 0 Å². The van der Waals surface area contributed by atoms with E-state index >= 15 is 0 Å². The minimum atomic E-state index is -0.409. The zero-order chi connectivity index (χ0) is 15.4. The summed E-state index contributed by atoms with van der Waals surface area (Å²) in [6, 6.07) is 5.41. The normalized spacial score (nSPS) is 19.4. The van der Waals surface area contributed by atoms with Gasteiger partial charge in [-0.3, -0.25) is 4.79 Å². The van der Waals surface area contributed by atoms with Gasteiger partial charge in [0.1, 0.15) is 0 Å². The third-order valence-electron chi connectivity index (χ3n) is 5.03. The van der Waals surface area contributed by atoms with Crippen molar-refractivity contribution in [1.82, 2.24) is 4.90 Å². The third-order valence-corrected chi connectivity index (χ3v) is 5.03. The lowest BCUT2D eigenvalue weighted by Crippen LogP contribution is -2.41. The Morgan fingerprint density at radius 1 is 1.32 bits per heavy atom. The standard InChI is InChI=1S/C18H20FNO2/c1-10-14-4-3-5-15(19)17(14)22-16(10)18(21)20(13-8-9-13)11(2)12-6-7-12/h3-5,11-13H,6-9H2,1-2H3. The Balaban J connectivity index is 1.74. The maximum atomic E-state index is 13.9. The summed E-state index contributed by atoms with van der Waals surface area (Å²) < 4.78 is 19.5. The molecule has 1 amide bonds. The largest absolute Gasteiger partial charge is 0.448 e. The van der Waals surface area contributed by atoms with Gasteiger partial charge < -0.3 is 9.32 Å². The van der Waals surface area contributed by atoms with E-state index in [0.717, 1.165) is 18.4 Å². The molecule has 4 rings (SSSR count). The molecule has 2 fully saturated rings. The van der Waals surface area contributed by atoms with Gasteiger partial charge in [-0.1, -0.05) is 12.1 Å². The van der Waals surface area contributed by atoms with Crippen LogP contribution in [0.4, 0.5) is 4.39 Å². The number of carbonyl (C=O) groups is 1. The summed E-state index contributed by atoms with van der Waals surface area (Å²) >= 11 is 0. The first kappa shape index (κ1) is 13.8. The number of nitrogens with zero attached hydrogens (tertiary/aromatic N) is 1. The number of hydrogen-bond acceptors (Lipinski definition) is 2. The molecule has 1 unspecified atom stereocenters. The van der Waals surface area contributed by atoms with E-state index in [1.54, 1.807) is 12.1 Å². The molecule has 2 aliphatic carbocycles. The first-order valence-electron chi connectivity index (χ1n) is 8.08. The number of carbonyl (C=O) groups excluding carboxylic acids is 1. The molecule has 4 heteroatoms. The molecular weight excluding hydrogens is 281 g/mol. The molecule has 0 bridgehead atoms. The highest BCUT2D eigenvalue weighted by atomic mass is 19.1. The van der Waals surface area contributed by atoms with Crippen molar-refractivity contribution in [3.8, 4) is 0 Å². The fourth-order valence-corrected chi connectivity index (χ4v) is 3.37. The summed E-state index contributed by atoms with van der Waals surface area (Å²) in [5, 5.41) is 0.693. The number of para-hydroxylation sites is 1. The van der Waals surface area contributed by atoms with E-state index in [0.29, 0.717) is 23.1 Å². The Bertz CT molecular complexity index is 743. The predicted molar refractivity (Wildman–Crippen MR) is 82.3 cm³/mol. The molecule has 3 nitrogen and oxygen atoms in total. The highest BCUT2D eigenvalue weighted by molar-refractivity contribution is 5.99. The van der Waals surface area contributed by atoms with Crippen molar-refractivity contribution in [3.05, 3.63) is 35.3 Å². The molecule has 1 heterocycles. The summed E-state index contributed by atoms with van der Waals surface area (Å²) in [5.41, 5.74) is 0.936. The van der Waals surface area contributed by atoms with E-state index < -0.39 is 5.82 Å². The molecule has 0 aliphatic heterocycles. The van der Waals surface area contributed by atoms with Crippen LogP contribution >= 0.6 is 0 Å². The lowest BCUT2D eigenvalue weighted by atomic mass is 10.1. The van der Waals surface area contributed by atoms with E-state index in [1.165, 1.54) is 18.9 Å². The Hall–Kier alpha value is -1.84. The minimum Gasteiger partial charge on any atom is -0.448 e. The van der Waals surface area contributed by atoms with Gasteiger partial charge in [0, 0.05) is 23.0 Å². The second-order valence-corrected chi connectivity index (χ2v) is 6.69. The molecule has 1 atom stereocenters. The molecule has 0 N–H and O–H groups in total. The van der Waals surface area contributed by atoms with Crippen LogP contribution in [0.3, 0.4) is 0 Å². The average Bonchev–Trinajstić information content (AvgIpc) is 3.38. The van der Waals surface area contributed by atoms with E-state index in [9.17, 15) is 9.18 Å². The van der Waals surface area contributed by atoms with Gasteiger partial charge in [-0.05, 0) is 51.5 Å². The van der Waals surface area contributed by atoms with Crippen LogP contribution in [0.25, 0.3) is 11.0 Å². The van der Waals surface area contributed by atoms with Crippen LogP contribution in [0.5, 0.6) is 0 Å². The average molecular weight is 301 g/mol. The molecule has 0 saturated heterocycles. The second-order valence-electron chi connectivity index (χ2n) is 6.69. The Morgan fingerprint density at radius 3 is 2.64 bits per heavy atom. The maximum Gasteiger partial charge on any atom is 0.290 e. The van der Waals surface area contributed by atoms with Crippen molar-refractivity contribution in [2.75, 3.05) is 0 Å². The SMILES string of the molecule is Cc1c(C(=O)N(C2CC2)C(C)C2CC2)oc2c(F)cccc12. The molecule has 1 aromatic carbocycles. The molecule has 2 aromatic rings. The van der Waals surface area contributed by atoms with E-state index in [-0.39, 0.29) is 17.5 Å². The fraction of sp³-hybridized carbons (Fsp3) is 0.500. The summed E-state index contributed by atoms with van der Waals surface area (Å²) in [5.74, 6) is 0.438. The Labute approximate surface area is 129 Å².